The summed E-state index contributed by atoms with van der Waals surface area (Å²) in [4.78, 5) is 31.7. The van der Waals surface area contributed by atoms with E-state index in [1.54, 1.807) is 13.1 Å². The Hall–Kier alpha value is -2.35. The van der Waals surface area contributed by atoms with Crippen molar-refractivity contribution in [1.82, 2.24) is 24.0 Å². The van der Waals surface area contributed by atoms with Gasteiger partial charge in [-0.3, -0.25) is 13.9 Å². The number of nitrogens with one attached hydrogen (secondary N) is 1. The van der Waals surface area contributed by atoms with Crippen LogP contribution in [0.1, 0.15) is 13.8 Å². The minimum atomic E-state index is -0.371. The molecule has 1 aliphatic rings. The molecule has 0 amide bonds. The molecular weight excluding hydrogens is 308 g/mol. The molecule has 2 atom stereocenters. The highest BCUT2D eigenvalue weighted by molar-refractivity contribution is 5.74. The highest BCUT2D eigenvalue weighted by Gasteiger charge is 2.27. The lowest BCUT2D eigenvalue weighted by Crippen LogP contribution is -2.55. The van der Waals surface area contributed by atoms with E-state index in [0.717, 1.165) is 17.7 Å². The summed E-state index contributed by atoms with van der Waals surface area (Å²) in [5.74, 6) is 0.711. The fourth-order valence-electron chi connectivity index (χ4n) is 3.47. The molecule has 1 N–H and O–H groups in total. The van der Waals surface area contributed by atoms with Crippen molar-refractivity contribution in [1.29, 1.82) is 0 Å². The second kappa shape index (κ2) is 5.94. The van der Waals surface area contributed by atoms with Crippen LogP contribution >= 0.6 is 0 Å². The van der Waals surface area contributed by atoms with Gasteiger partial charge in [-0.15, -0.1) is 6.58 Å². The molecule has 0 saturated carbocycles. The zero-order chi connectivity index (χ0) is 17.6. The third-order valence-electron chi connectivity index (χ3n) is 4.48. The maximum absolute atomic E-state index is 12.6. The minimum Gasteiger partial charge on any atom is -0.339 e. The number of hydrogen-bond donors (Lipinski definition) is 1. The molecule has 0 bridgehead atoms. The average Bonchev–Trinajstić information content (AvgIpc) is 2.90. The molecule has 0 aromatic carbocycles. The number of aromatic nitrogens is 4. The second-order valence-electron chi connectivity index (χ2n) is 6.56. The van der Waals surface area contributed by atoms with Crippen LogP contribution in [0.5, 0.6) is 0 Å². The third-order valence-corrected chi connectivity index (χ3v) is 4.48. The van der Waals surface area contributed by atoms with E-state index >= 15 is 0 Å². The van der Waals surface area contributed by atoms with Gasteiger partial charge in [0.15, 0.2) is 11.2 Å². The minimum absolute atomic E-state index is 0.317. The van der Waals surface area contributed by atoms with Gasteiger partial charge in [-0.25, -0.2) is 4.79 Å². The number of anilines is 1. The van der Waals surface area contributed by atoms with Gasteiger partial charge in [-0.2, -0.15) is 4.98 Å². The van der Waals surface area contributed by atoms with Gasteiger partial charge in [0.25, 0.3) is 5.56 Å². The highest BCUT2D eigenvalue weighted by Crippen LogP contribution is 2.21. The molecular formula is C16H24N6O2. The Labute approximate surface area is 140 Å². The first-order valence-electron chi connectivity index (χ1n) is 8.13. The van der Waals surface area contributed by atoms with Gasteiger partial charge in [0, 0.05) is 45.8 Å². The van der Waals surface area contributed by atoms with Crippen molar-refractivity contribution in [3.63, 3.8) is 0 Å². The van der Waals surface area contributed by atoms with Crippen LogP contribution in [0, 0.1) is 0 Å². The Morgan fingerprint density at radius 3 is 2.42 bits per heavy atom. The number of allylic oxidation sites excluding steroid dienone is 1. The van der Waals surface area contributed by atoms with Gasteiger partial charge in [-0.05, 0) is 13.8 Å². The predicted molar refractivity (Wildman–Crippen MR) is 94.7 cm³/mol. The Kier molecular flexibility index (Phi) is 4.08. The number of nitrogens with zero attached hydrogens (tertiary/aromatic N) is 5. The summed E-state index contributed by atoms with van der Waals surface area (Å²) in [7, 11) is 3.13. The summed E-state index contributed by atoms with van der Waals surface area (Å²) >= 11 is 0. The Morgan fingerprint density at radius 2 is 1.83 bits per heavy atom. The van der Waals surface area contributed by atoms with Crippen LogP contribution in [-0.2, 0) is 20.6 Å². The van der Waals surface area contributed by atoms with Crippen LogP contribution in [-0.4, -0.2) is 43.9 Å². The van der Waals surface area contributed by atoms with Gasteiger partial charge in [-0.1, -0.05) is 6.08 Å². The van der Waals surface area contributed by atoms with E-state index in [1.807, 2.05) is 4.57 Å². The number of fused-ring (bicyclic) bond motifs is 1. The smallest absolute Gasteiger partial charge is 0.332 e. The van der Waals surface area contributed by atoms with Crippen molar-refractivity contribution < 1.29 is 0 Å². The monoisotopic (exact) mass is 332 g/mol. The first kappa shape index (κ1) is 16.5. The third kappa shape index (κ3) is 2.47. The van der Waals surface area contributed by atoms with Gasteiger partial charge < -0.3 is 14.8 Å². The highest BCUT2D eigenvalue weighted by atomic mass is 16.2. The molecule has 2 aromatic rings. The summed E-state index contributed by atoms with van der Waals surface area (Å²) in [5.41, 5.74) is 0.154. The summed E-state index contributed by atoms with van der Waals surface area (Å²) in [6, 6.07) is 0.634. The zero-order valence-electron chi connectivity index (χ0n) is 14.6. The zero-order valence-corrected chi connectivity index (χ0v) is 14.6. The number of rotatable bonds is 3. The van der Waals surface area contributed by atoms with Crippen molar-refractivity contribution in [2.75, 3.05) is 18.0 Å². The Morgan fingerprint density at radius 1 is 1.21 bits per heavy atom. The van der Waals surface area contributed by atoms with Crippen LogP contribution in [0.2, 0.25) is 0 Å². The molecule has 0 radical (unpaired) electrons. The summed E-state index contributed by atoms with van der Waals surface area (Å²) in [6.45, 7) is 10.1. The quantitative estimate of drug-likeness (QED) is 0.788. The molecule has 130 valence electrons. The average molecular weight is 332 g/mol. The van der Waals surface area contributed by atoms with E-state index < -0.39 is 0 Å². The fraction of sp³-hybridized carbons (Fsp3) is 0.562. The molecule has 3 heterocycles. The second-order valence-corrected chi connectivity index (χ2v) is 6.56. The number of piperazine rings is 1. The molecule has 2 aromatic heterocycles. The van der Waals surface area contributed by atoms with Gasteiger partial charge in [0.05, 0.1) is 0 Å². The normalized spacial score (nSPS) is 21.4. The van der Waals surface area contributed by atoms with Gasteiger partial charge in [0.1, 0.15) is 0 Å². The predicted octanol–water partition coefficient (Wildman–Crippen LogP) is -0.194. The maximum atomic E-state index is 12.6. The standard InChI is InChI=1S/C16H24N6O2/c1-6-7-22-12-13(19(4)16(24)20(5)14(12)23)18-15(22)21-8-10(2)17-11(3)9-21/h6,10-11,17H,1,7-9H2,2-5H3. The topological polar surface area (TPSA) is 77.1 Å². The van der Waals surface area contributed by atoms with Crippen LogP contribution in [0.25, 0.3) is 11.2 Å². The van der Waals surface area contributed by atoms with E-state index in [4.69, 9.17) is 0 Å². The maximum Gasteiger partial charge on any atom is 0.332 e. The van der Waals surface area contributed by atoms with Gasteiger partial charge in [0.2, 0.25) is 5.95 Å². The molecule has 1 aliphatic heterocycles. The molecule has 0 spiro atoms. The van der Waals surface area contributed by atoms with Crippen molar-refractivity contribution in [2.24, 2.45) is 14.1 Å². The molecule has 8 heteroatoms. The van der Waals surface area contributed by atoms with Crippen molar-refractivity contribution in [3.8, 4) is 0 Å². The lowest BCUT2D eigenvalue weighted by Gasteiger charge is -2.36. The van der Waals surface area contributed by atoms with E-state index in [2.05, 4.69) is 35.6 Å². The summed E-state index contributed by atoms with van der Waals surface area (Å²) in [5, 5.41) is 3.49. The largest absolute Gasteiger partial charge is 0.339 e. The SMILES string of the molecule is C=CCn1c(N2CC(C)NC(C)C2)nc2c1c(=O)n(C)c(=O)n2C. The molecule has 8 nitrogen and oxygen atoms in total. The first-order chi connectivity index (χ1) is 11.3. The fourth-order valence-corrected chi connectivity index (χ4v) is 3.47. The Bertz CT molecular complexity index is 896. The van der Waals surface area contributed by atoms with Crippen molar-refractivity contribution in [3.05, 3.63) is 33.5 Å². The molecule has 1 fully saturated rings. The van der Waals surface area contributed by atoms with Crippen LogP contribution < -0.4 is 21.5 Å². The van der Waals surface area contributed by atoms with Gasteiger partial charge >= 0.3 is 5.69 Å². The first-order valence-corrected chi connectivity index (χ1v) is 8.13. The van der Waals surface area contributed by atoms with Crippen LogP contribution in [0.3, 0.4) is 0 Å². The molecule has 0 aliphatic carbocycles. The molecule has 24 heavy (non-hydrogen) atoms. The molecule has 2 unspecified atom stereocenters. The van der Waals surface area contributed by atoms with Crippen molar-refractivity contribution >= 4 is 17.1 Å². The Balaban J connectivity index is 2.29. The molecule has 1 saturated heterocycles. The van der Waals surface area contributed by atoms with Crippen LogP contribution in [0.15, 0.2) is 22.2 Å². The lowest BCUT2D eigenvalue weighted by molar-refractivity contribution is 0.401. The van der Waals surface area contributed by atoms with E-state index in [1.165, 1.54) is 11.6 Å². The lowest BCUT2D eigenvalue weighted by atomic mass is 10.1. The molecule has 3 rings (SSSR count). The summed E-state index contributed by atoms with van der Waals surface area (Å²) < 4.78 is 4.40. The van der Waals surface area contributed by atoms with E-state index in [9.17, 15) is 9.59 Å². The number of aryl methyl sites for hydroxylation is 1. The van der Waals surface area contributed by atoms with E-state index in [0.29, 0.717) is 35.7 Å². The van der Waals surface area contributed by atoms with E-state index in [-0.39, 0.29) is 11.2 Å². The van der Waals surface area contributed by atoms with Crippen molar-refractivity contribution in [2.45, 2.75) is 32.5 Å². The summed E-state index contributed by atoms with van der Waals surface area (Å²) in [6.07, 6.45) is 1.74. The number of hydrogen-bond acceptors (Lipinski definition) is 5. The number of imidazole rings is 1. The van der Waals surface area contributed by atoms with Crippen LogP contribution in [0.4, 0.5) is 5.95 Å².